The molecule has 16 heavy (non-hydrogen) atoms. The van der Waals surface area contributed by atoms with E-state index >= 15 is 0 Å². The van der Waals surface area contributed by atoms with Crippen molar-refractivity contribution < 1.29 is 9.66 Å². The third-order valence-electron chi connectivity index (χ3n) is 1.98. The molecule has 0 bridgehead atoms. The normalized spacial score (nSPS) is 12.2. The van der Waals surface area contributed by atoms with E-state index in [1.165, 1.54) is 12.1 Å². The Balaban J connectivity index is 2.79. The number of halogens is 1. The number of rotatable bonds is 5. The summed E-state index contributed by atoms with van der Waals surface area (Å²) in [4.78, 5) is 10.1. The van der Waals surface area contributed by atoms with Crippen LogP contribution in [0, 0.1) is 10.1 Å². The van der Waals surface area contributed by atoms with Crippen LogP contribution < -0.4 is 5.32 Å². The number of non-ortho nitro benzene ring substituents is 1. The van der Waals surface area contributed by atoms with Gasteiger partial charge in [0.1, 0.15) is 0 Å². The molecule has 6 heteroatoms. The van der Waals surface area contributed by atoms with Crippen LogP contribution >= 0.6 is 15.9 Å². The predicted molar refractivity (Wildman–Crippen MR) is 65.8 cm³/mol. The second-order valence-electron chi connectivity index (χ2n) is 3.42. The summed E-state index contributed by atoms with van der Waals surface area (Å²) >= 11 is 3.29. The van der Waals surface area contributed by atoms with Crippen molar-refractivity contribution in [1.82, 2.24) is 0 Å². The van der Waals surface area contributed by atoms with Gasteiger partial charge >= 0.3 is 0 Å². The zero-order valence-electron chi connectivity index (χ0n) is 9.07. The van der Waals surface area contributed by atoms with Crippen LogP contribution in [0.1, 0.15) is 6.92 Å². The number of ether oxygens (including phenoxy) is 1. The topological polar surface area (TPSA) is 64.4 Å². The molecule has 5 nitrogen and oxygen atoms in total. The number of nitrogens with zero attached hydrogens (tertiary/aromatic N) is 1. The van der Waals surface area contributed by atoms with Crippen LogP contribution in [-0.2, 0) is 4.74 Å². The Hall–Kier alpha value is -1.14. The molecule has 1 unspecified atom stereocenters. The summed E-state index contributed by atoms with van der Waals surface area (Å²) in [5.41, 5.74) is 0.881. The monoisotopic (exact) mass is 288 g/mol. The molecule has 0 saturated carbocycles. The molecule has 0 aliphatic rings. The highest BCUT2D eigenvalue weighted by atomic mass is 79.9. The highest BCUT2D eigenvalue weighted by Gasteiger charge is 2.10. The van der Waals surface area contributed by atoms with Gasteiger partial charge in [-0.15, -0.1) is 0 Å². The average Bonchev–Trinajstić information content (AvgIpc) is 2.21. The van der Waals surface area contributed by atoms with Crippen LogP contribution in [0.4, 0.5) is 11.4 Å². The summed E-state index contributed by atoms with van der Waals surface area (Å²) in [5, 5.41) is 13.7. The fourth-order valence-corrected chi connectivity index (χ4v) is 1.77. The SMILES string of the molecule is COCC(C)Nc1ccc([N+](=O)[O-])cc1Br. The van der Waals surface area contributed by atoms with Gasteiger partial charge in [0.05, 0.1) is 11.5 Å². The van der Waals surface area contributed by atoms with Crippen molar-refractivity contribution in [3.63, 3.8) is 0 Å². The van der Waals surface area contributed by atoms with Crippen LogP contribution in [0.3, 0.4) is 0 Å². The van der Waals surface area contributed by atoms with Gasteiger partial charge in [-0.1, -0.05) is 0 Å². The summed E-state index contributed by atoms with van der Waals surface area (Å²) in [6, 6.07) is 4.76. The molecule has 1 aromatic carbocycles. The number of hydrogen-bond acceptors (Lipinski definition) is 4. The first kappa shape index (κ1) is 12.9. The van der Waals surface area contributed by atoms with E-state index in [1.54, 1.807) is 13.2 Å². The van der Waals surface area contributed by atoms with Crippen LogP contribution in [0.25, 0.3) is 0 Å². The van der Waals surface area contributed by atoms with E-state index < -0.39 is 4.92 Å². The maximum atomic E-state index is 10.5. The summed E-state index contributed by atoms with van der Waals surface area (Å²) < 4.78 is 5.66. The molecule has 1 aromatic rings. The first-order valence-corrected chi connectivity index (χ1v) is 5.53. The molecule has 0 amide bonds. The molecule has 0 aromatic heterocycles. The van der Waals surface area contributed by atoms with Gasteiger partial charge in [0.25, 0.3) is 5.69 Å². The second-order valence-corrected chi connectivity index (χ2v) is 4.28. The van der Waals surface area contributed by atoms with Gasteiger partial charge in [-0.3, -0.25) is 10.1 Å². The Morgan fingerprint density at radius 1 is 1.62 bits per heavy atom. The van der Waals surface area contributed by atoms with Crippen molar-refractivity contribution >= 4 is 27.3 Å². The van der Waals surface area contributed by atoms with E-state index in [2.05, 4.69) is 21.2 Å². The number of anilines is 1. The number of benzene rings is 1. The summed E-state index contributed by atoms with van der Waals surface area (Å²) in [7, 11) is 1.63. The summed E-state index contributed by atoms with van der Waals surface area (Å²) in [6.07, 6.45) is 0. The number of nitro benzene ring substituents is 1. The van der Waals surface area contributed by atoms with E-state index in [0.717, 1.165) is 5.69 Å². The second kappa shape index (κ2) is 5.81. The molecule has 0 saturated heterocycles. The van der Waals surface area contributed by atoms with Crippen molar-refractivity contribution in [2.75, 3.05) is 19.0 Å². The molecule has 1 N–H and O–H groups in total. The molecule has 0 heterocycles. The lowest BCUT2D eigenvalue weighted by atomic mass is 10.2. The number of nitro groups is 1. The highest BCUT2D eigenvalue weighted by molar-refractivity contribution is 9.10. The zero-order chi connectivity index (χ0) is 12.1. The van der Waals surface area contributed by atoms with E-state index in [-0.39, 0.29) is 11.7 Å². The quantitative estimate of drug-likeness (QED) is 0.668. The van der Waals surface area contributed by atoms with Crippen LogP contribution in [0.15, 0.2) is 22.7 Å². The Morgan fingerprint density at radius 2 is 2.31 bits per heavy atom. The third-order valence-corrected chi connectivity index (χ3v) is 2.64. The van der Waals surface area contributed by atoms with Crippen LogP contribution in [-0.4, -0.2) is 24.7 Å². The molecule has 1 rings (SSSR count). The maximum absolute atomic E-state index is 10.5. The van der Waals surface area contributed by atoms with E-state index in [1.807, 2.05) is 6.92 Å². The minimum atomic E-state index is -0.423. The van der Waals surface area contributed by atoms with E-state index in [0.29, 0.717) is 11.1 Å². The van der Waals surface area contributed by atoms with Gasteiger partial charge in [0.2, 0.25) is 0 Å². The van der Waals surface area contributed by atoms with Gasteiger partial charge in [-0.25, -0.2) is 0 Å². The molecule has 0 radical (unpaired) electrons. The standard InChI is InChI=1S/C10H13BrN2O3/c1-7(6-16-2)12-10-4-3-8(13(14)15)5-9(10)11/h3-5,7,12H,6H2,1-2H3. The molecule has 0 fully saturated rings. The van der Waals surface area contributed by atoms with Crippen molar-refractivity contribution in [3.05, 3.63) is 32.8 Å². The molecular weight excluding hydrogens is 276 g/mol. The lowest BCUT2D eigenvalue weighted by Gasteiger charge is -2.15. The molecule has 88 valence electrons. The van der Waals surface area contributed by atoms with E-state index in [9.17, 15) is 10.1 Å². The Labute approximate surface area is 102 Å². The van der Waals surface area contributed by atoms with E-state index in [4.69, 9.17) is 4.74 Å². The van der Waals surface area contributed by atoms with Crippen molar-refractivity contribution in [2.45, 2.75) is 13.0 Å². The predicted octanol–water partition coefficient (Wildman–Crippen LogP) is 2.80. The van der Waals surface area contributed by atoms with Gasteiger partial charge in [-0.2, -0.15) is 0 Å². The minimum Gasteiger partial charge on any atom is -0.383 e. The highest BCUT2D eigenvalue weighted by Crippen LogP contribution is 2.27. The molecular formula is C10H13BrN2O3. The van der Waals surface area contributed by atoms with Gasteiger partial charge < -0.3 is 10.1 Å². The fraction of sp³-hybridized carbons (Fsp3) is 0.400. The number of nitrogens with one attached hydrogen (secondary N) is 1. The fourth-order valence-electron chi connectivity index (χ4n) is 1.29. The van der Waals surface area contributed by atoms with Crippen molar-refractivity contribution in [3.8, 4) is 0 Å². The molecule has 0 aliphatic heterocycles. The molecule has 1 atom stereocenters. The number of hydrogen-bond donors (Lipinski definition) is 1. The maximum Gasteiger partial charge on any atom is 0.270 e. The first-order chi connectivity index (χ1) is 7.54. The molecule has 0 aliphatic carbocycles. The number of methoxy groups -OCH3 is 1. The lowest BCUT2D eigenvalue weighted by molar-refractivity contribution is -0.384. The minimum absolute atomic E-state index is 0.0665. The summed E-state index contributed by atoms with van der Waals surface area (Å²) in [5.74, 6) is 0. The Kier molecular flexibility index (Phi) is 4.70. The summed E-state index contributed by atoms with van der Waals surface area (Å²) in [6.45, 7) is 2.54. The van der Waals surface area contributed by atoms with Gasteiger partial charge in [-0.05, 0) is 28.9 Å². The smallest absolute Gasteiger partial charge is 0.270 e. The Bertz CT molecular complexity index is 384. The van der Waals surface area contributed by atoms with Crippen LogP contribution in [0.5, 0.6) is 0 Å². The first-order valence-electron chi connectivity index (χ1n) is 4.74. The average molecular weight is 289 g/mol. The van der Waals surface area contributed by atoms with Crippen LogP contribution in [0.2, 0.25) is 0 Å². The lowest BCUT2D eigenvalue weighted by Crippen LogP contribution is -2.20. The molecule has 0 spiro atoms. The van der Waals surface area contributed by atoms with Gasteiger partial charge in [0, 0.05) is 35.4 Å². The van der Waals surface area contributed by atoms with Crippen molar-refractivity contribution in [2.24, 2.45) is 0 Å². The van der Waals surface area contributed by atoms with Crippen molar-refractivity contribution in [1.29, 1.82) is 0 Å². The van der Waals surface area contributed by atoms with Gasteiger partial charge in [0.15, 0.2) is 0 Å². The third kappa shape index (κ3) is 3.46. The zero-order valence-corrected chi connectivity index (χ0v) is 10.7. The Morgan fingerprint density at radius 3 is 2.81 bits per heavy atom. The largest absolute Gasteiger partial charge is 0.383 e.